The zero-order valence-electron chi connectivity index (χ0n) is 14.0. The van der Waals surface area contributed by atoms with Crippen molar-refractivity contribution in [1.29, 1.82) is 0 Å². The Hall–Kier alpha value is -1.97. The predicted molar refractivity (Wildman–Crippen MR) is 96.1 cm³/mol. The molecular formula is C17H12Cl2F3NO4S. The van der Waals surface area contributed by atoms with Crippen LogP contribution in [-0.4, -0.2) is 32.1 Å². The van der Waals surface area contributed by atoms with Gasteiger partial charge in [-0.2, -0.15) is 0 Å². The first kappa shape index (κ1) is 20.8. The quantitative estimate of drug-likeness (QED) is 0.644. The first-order valence-corrected chi connectivity index (χ1v) is 10.5. The second kappa shape index (κ2) is 7.46. The molecule has 0 spiro atoms. The number of benzene rings is 2. The van der Waals surface area contributed by atoms with Gasteiger partial charge in [0.1, 0.15) is 5.75 Å². The normalized spacial score (nSPS) is 14.8. The molecule has 1 aliphatic heterocycles. The third kappa shape index (κ3) is 4.71. The molecule has 0 saturated carbocycles. The van der Waals surface area contributed by atoms with Gasteiger partial charge in [0, 0.05) is 29.3 Å². The van der Waals surface area contributed by atoms with Crippen LogP contribution in [0.1, 0.15) is 21.5 Å². The van der Waals surface area contributed by atoms with Gasteiger partial charge in [-0.1, -0.05) is 17.7 Å². The standard InChI is InChI=1S/C17H12Cl2F3NO4S/c18-14-7-10(1-4-15(14)27-17(20,21)22)9-23-6-5-11-8-12(28(19,25)26)2-3-13(11)16(23)24/h1-4,7-8H,5-6,9H2. The Kier molecular flexibility index (Phi) is 5.53. The lowest BCUT2D eigenvalue weighted by Crippen LogP contribution is -2.37. The maximum absolute atomic E-state index is 12.7. The minimum Gasteiger partial charge on any atom is -0.404 e. The Morgan fingerprint density at radius 2 is 1.86 bits per heavy atom. The molecule has 3 rings (SSSR count). The molecule has 5 nitrogen and oxygen atoms in total. The summed E-state index contributed by atoms with van der Waals surface area (Å²) in [4.78, 5) is 14.1. The SMILES string of the molecule is O=C1c2ccc(S(=O)(=O)Cl)cc2CCN1Cc1ccc(OC(F)(F)F)c(Cl)c1. The summed E-state index contributed by atoms with van der Waals surface area (Å²) in [5, 5.41) is -0.225. The topological polar surface area (TPSA) is 63.7 Å². The molecule has 1 heterocycles. The summed E-state index contributed by atoms with van der Waals surface area (Å²) in [6, 6.07) is 7.79. The fourth-order valence-electron chi connectivity index (χ4n) is 2.89. The van der Waals surface area contributed by atoms with Crippen LogP contribution < -0.4 is 4.74 Å². The molecule has 28 heavy (non-hydrogen) atoms. The first-order valence-electron chi connectivity index (χ1n) is 7.85. The van der Waals surface area contributed by atoms with Crippen LogP contribution in [0.5, 0.6) is 5.75 Å². The van der Waals surface area contributed by atoms with Crippen LogP contribution in [0, 0.1) is 0 Å². The third-order valence-corrected chi connectivity index (χ3v) is 5.77. The van der Waals surface area contributed by atoms with Crippen molar-refractivity contribution in [2.45, 2.75) is 24.2 Å². The fourth-order valence-corrected chi connectivity index (χ4v) is 3.93. The Morgan fingerprint density at radius 3 is 2.46 bits per heavy atom. The zero-order valence-corrected chi connectivity index (χ0v) is 16.3. The lowest BCUT2D eigenvalue weighted by Gasteiger charge is -2.29. The minimum absolute atomic E-state index is 0.0822. The van der Waals surface area contributed by atoms with E-state index < -0.39 is 21.2 Å². The molecule has 0 aliphatic carbocycles. The van der Waals surface area contributed by atoms with E-state index in [1.54, 1.807) is 0 Å². The number of carbonyl (C=O) groups is 1. The van der Waals surface area contributed by atoms with E-state index in [-0.39, 0.29) is 22.4 Å². The van der Waals surface area contributed by atoms with E-state index in [9.17, 15) is 26.4 Å². The number of alkyl halides is 3. The van der Waals surface area contributed by atoms with Crippen LogP contribution >= 0.6 is 22.3 Å². The van der Waals surface area contributed by atoms with Crippen molar-refractivity contribution in [1.82, 2.24) is 4.90 Å². The molecular weight excluding hydrogens is 442 g/mol. The summed E-state index contributed by atoms with van der Waals surface area (Å²) in [6.07, 6.45) is -4.45. The van der Waals surface area contributed by atoms with Crippen molar-refractivity contribution < 1.29 is 31.1 Å². The van der Waals surface area contributed by atoms with E-state index in [1.807, 2.05) is 0 Å². The Morgan fingerprint density at radius 1 is 1.14 bits per heavy atom. The highest BCUT2D eigenvalue weighted by Crippen LogP contribution is 2.32. The summed E-state index contributed by atoms with van der Waals surface area (Å²) >= 11 is 5.83. The number of carbonyl (C=O) groups excluding carboxylic acids is 1. The lowest BCUT2D eigenvalue weighted by atomic mass is 9.98. The molecule has 1 amide bonds. The fraction of sp³-hybridized carbons (Fsp3) is 0.235. The number of halogens is 5. The highest BCUT2D eigenvalue weighted by molar-refractivity contribution is 8.13. The summed E-state index contributed by atoms with van der Waals surface area (Å²) in [7, 11) is 1.43. The van der Waals surface area contributed by atoms with Crippen LogP contribution in [0.25, 0.3) is 0 Å². The van der Waals surface area contributed by atoms with Gasteiger partial charge in [0.05, 0.1) is 9.92 Å². The molecule has 0 saturated heterocycles. The average molecular weight is 454 g/mol. The second-order valence-corrected chi connectivity index (χ2v) is 9.02. The van der Waals surface area contributed by atoms with E-state index in [0.717, 1.165) is 6.07 Å². The highest BCUT2D eigenvalue weighted by Gasteiger charge is 2.32. The van der Waals surface area contributed by atoms with Gasteiger partial charge >= 0.3 is 6.36 Å². The van der Waals surface area contributed by atoms with Crippen LogP contribution in [0.15, 0.2) is 41.3 Å². The molecule has 0 unspecified atom stereocenters. The van der Waals surface area contributed by atoms with Crippen molar-refractivity contribution in [3.63, 3.8) is 0 Å². The summed E-state index contributed by atoms with van der Waals surface area (Å²) in [6.45, 7) is 0.426. The van der Waals surface area contributed by atoms with E-state index in [0.29, 0.717) is 29.7 Å². The summed E-state index contributed by atoms with van der Waals surface area (Å²) < 4.78 is 63.6. The molecule has 0 fully saturated rings. The van der Waals surface area contributed by atoms with Crippen LogP contribution in [0.2, 0.25) is 5.02 Å². The maximum atomic E-state index is 12.7. The molecule has 0 radical (unpaired) electrons. The first-order chi connectivity index (χ1) is 12.9. The zero-order chi connectivity index (χ0) is 20.7. The maximum Gasteiger partial charge on any atom is 0.573 e. The lowest BCUT2D eigenvalue weighted by molar-refractivity contribution is -0.274. The summed E-state index contributed by atoms with van der Waals surface area (Å²) in [5.41, 5.74) is 1.43. The van der Waals surface area contributed by atoms with Crippen LogP contribution in [0.3, 0.4) is 0 Å². The number of hydrogen-bond donors (Lipinski definition) is 0. The number of rotatable bonds is 4. The van der Waals surface area contributed by atoms with Gasteiger partial charge in [0.2, 0.25) is 0 Å². The second-order valence-electron chi connectivity index (χ2n) is 6.05. The largest absolute Gasteiger partial charge is 0.573 e. The monoisotopic (exact) mass is 453 g/mol. The number of ether oxygens (including phenoxy) is 1. The molecule has 0 aromatic heterocycles. The molecule has 0 N–H and O–H groups in total. The molecule has 0 bridgehead atoms. The molecule has 1 aliphatic rings. The predicted octanol–water partition coefficient (Wildman–Crippen LogP) is 4.36. The van der Waals surface area contributed by atoms with Crippen molar-refractivity contribution in [2.75, 3.05) is 6.54 Å². The van der Waals surface area contributed by atoms with E-state index >= 15 is 0 Å². The van der Waals surface area contributed by atoms with Crippen LogP contribution in [-0.2, 0) is 22.0 Å². The Balaban J connectivity index is 1.78. The van der Waals surface area contributed by atoms with Gasteiger partial charge in [-0.05, 0) is 47.9 Å². The van der Waals surface area contributed by atoms with Gasteiger partial charge in [0.15, 0.2) is 0 Å². The van der Waals surface area contributed by atoms with Gasteiger partial charge in [-0.15, -0.1) is 13.2 Å². The number of nitrogens with zero attached hydrogens (tertiary/aromatic N) is 1. The van der Waals surface area contributed by atoms with E-state index in [2.05, 4.69) is 4.74 Å². The Bertz CT molecular complexity index is 1040. The number of amides is 1. The van der Waals surface area contributed by atoms with Gasteiger partial charge in [-0.3, -0.25) is 4.79 Å². The van der Waals surface area contributed by atoms with Gasteiger partial charge in [0.25, 0.3) is 15.0 Å². The van der Waals surface area contributed by atoms with Crippen molar-refractivity contribution in [2.24, 2.45) is 0 Å². The molecule has 150 valence electrons. The average Bonchev–Trinajstić information content (AvgIpc) is 2.58. The van der Waals surface area contributed by atoms with Gasteiger partial charge < -0.3 is 9.64 Å². The molecule has 0 atom stereocenters. The van der Waals surface area contributed by atoms with E-state index in [4.69, 9.17) is 22.3 Å². The molecule has 2 aromatic rings. The van der Waals surface area contributed by atoms with Crippen molar-refractivity contribution in [3.05, 3.63) is 58.1 Å². The summed E-state index contributed by atoms with van der Waals surface area (Å²) in [5.74, 6) is -0.852. The smallest absolute Gasteiger partial charge is 0.404 e. The highest BCUT2D eigenvalue weighted by atomic mass is 35.7. The van der Waals surface area contributed by atoms with Gasteiger partial charge in [-0.25, -0.2) is 8.42 Å². The minimum atomic E-state index is -4.85. The van der Waals surface area contributed by atoms with Crippen LogP contribution in [0.4, 0.5) is 13.2 Å². The third-order valence-electron chi connectivity index (χ3n) is 4.12. The van der Waals surface area contributed by atoms with Crippen molar-refractivity contribution in [3.8, 4) is 5.75 Å². The Labute approximate surface area is 168 Å². The number of hydrogen-bond acceptors (Lipinski definition) is 4. The molecule has 11 heteroatoms. The van der Waals surface area contributed by atoms with E-state index in [1.165, 1.54) is 35.2 Å². The number of fused-ring (bicyclic) bond motifs is 1. The molecule has 2 aromatic carbocycles. The van der Waals surface area contributed by atoms with Crippen molar-refractivity contribution >= 4 is 37.2 Å².